The van der Waals surface area contributed by atoms with E-state index in [4.69, 9.17) is 5.26 Å². The Balaban J connectivity index is 2.18. The van der Waals surface area contributed by atoms with Crippen LogP contribution in [-0.2, 0) is 0 Å². The smallest absolute Gasteiger partial charge is 0.147 e. The van der Waals surface area contributed by atoms with Crippen LogP contribution in [0.3, 0.4) is 0 Å². The number of nitrogens with zero attached hydrogens (tertiary/aromatic N) is 1. The van der Waals surface area contributed by atoms with Crippen molar-refractivity contribution in [1.82, 2.24) is 0 Å². The molecule has 96 valence electrons. The van der Waals surface area contributed by atoms with Crippen molar-refractivity contribution >= 4 is 21.6 Å². The van der Waals surface area contributed by atoms with E-state index in [0.29, 0.717) is 0 Å². The molecular weight excluding hydrogens is 302 g/mol. The molecule has 0 spiro atoms. The van der Waals surface area contributed by atoms with Crippen LogP contribution in [0.25, 0.3) is 0 Å². The largest absolute Gasteiger partial charge is 0.379 e. The number of anilines is 1. The summed E-state index contributed by atoms with van der Waals surface area (Å²) in [6.07, 6.45) is 3.66. The number of nitriles is 1. The molecule has 0 aliphatic heterocycles. The predicted octanol–water partition coefficient (Wildman–Crippen LogP) is 4.22. The van der Waals surface area contributed by atoms with Crippen LogP contribution in [0.2, 0.25) is 0 Å². The van der Waals surface area contributed by atoms with E-state index in [9.17, 15) is 8.78 Å². The van der Waals surface area contributed by atoms with Crippen LogP contribution in [0.1, 0.15) is 25.7 Å². The predicted molar refractivity (Wildman–Crippen MR) is 69.0 cm³/mol. The van der Waals surface area contributed by atoms with Gasteiger partial charge in [-0.05, 0) is 34.8 Å². The van der Waals surface area contributed by atoms with Crippen LogP contribution in [0.5, 0.6) is 0 Å². The van der Waals surface area contributed by atoms with E-state index in [1.807, 2.05) is 0 Å². The summed E-state index contributed by atoms with van der Waals surface area (Å²) in [5, 5.41) is 12.0. The number of halogens is 3. The summed E-state index contributed by atoms with van der Waals surface area (Å²) in [6, 6.07) is 4.36. The molecule has 5 heteroatoms. The maximum atomic E-state index is 13.7. The van der Waals surface area contributed by atoms with Gasteiger partial charge in [-0.3, -0.25) is 0 Å². The number of benzene rings is 1. The number of hydrogen-bond donors (Lipinski definition) is 1. The molecule has 1 saturated carbocycles. The lowest BCUT2D eigenvalue weighted by Gasteiger charge is -2.28. The molecule has 1 fully saturated rings. The summed E-state index contributed by atoms with van der Waals surface area (Å²) in [6.45, 7) is 0. The second-order valence-corrected chi connectivity index (χ2v) is 5.37. The normalized spacial score (nSPS) is 23.4. The van der Waals surface area contributed by atoms with E-state index in [1.165, 1.54) is 0 Å². The van der Waals surface area contributed by atoms with E-state index in [1.54, 1.807) is 0 Å². The fraction of sp³-hybridized carbons (Fsp3) is 0.462. The average Bonchev–Trinajstić information content (AvgIpc) is 2.36. The van der Waals surface area contributed by atoms with Gasteiger partial charge in [-0.15, -0.1) is 0 Å². The second kappa shape index (κ2) is 5.66. The summed E-state index contributed by atoms with van der Waals surface area (Å²) >= 11 is 2.94. The van der Waals surface area contributed by atoms with Gasteiger partial charge in [0.25, 0.3) is 0 Å². The molecule has 18 heavy (non-hydrogen) atoms. The Kier molecular flexibility index (Phi) is 4.18. The highest BCUT2D eigenvalue weighted by Crippen LogP contribution is 2.29. The molecule has 1 aromatic carbocycles. The molecule has 2 unspecified atom stereocenters. The van der Waals surface area contributed by atoms with Gasteiger partial charge in [0.05, 0.1) is 22.1 Å². The zero-order chi connectivity index (χ0) is 13.1. The molecule has 0 amide bonds. The zero-order valence-corrected chi connectivity index (χ0v) is 11.3. The first-order valence-corrected chi connectivity index (χ1v) is 6.72. The Morgan fingerprint density at radius 3 is 2.67 bits per heavy atom. The van der Waals surface area contributed by atoms with Gasteiger partial charge < -0.3 is 5.32 Å². The summed E-state index contributed by atoms with van der Waals surface area (Å²) < 4.78 is 27.2. The molecule has 1 aliphatic rings. The zero-order valence-electron chi connectivity index (χ0n) is 9.72. The third-order valence-electron chi connectivity index (χ3n) is 3.28. The molecule has 0 saturated heterocycles. The Morgan fingerprint density at radius 2 is 1.94 bits per heavy atom. The van der Waals surface area contributed by atoms with Crippen molar-refractivity contribution in [3.8, 4) is 6.07 Å². The van der Waals surface area contributed by atoms with Crippen LogP contribution in [0, 0.1) is 28.9 Å². The van der Waals surface area contributed by atoms with Crippen LogP contribution < -0.4 is 5.32 Å². The van der Waals surface area contributed by atoms with E-state index >= 15 is 0 Å². The van der Waals surface area contributed by atoms with Crippen LogP contribution in [-0.4, -0.2) is 6.04 Å². The molecule has 2 rings (SSSR count). The second-order valence-electron chi connectivity index (χ2n) is 4.52. The SMILES string of the molecule is N#CC1CCCCC1Nc1cc(F)c(Br)cc1F. The molecule has 1 aromatic rings. The minimum absolute atomic E-state index is 0.0983. The van der Waals surface area contributed by atoms with Crippen molar-refractivity contribution in [3.05, 3.63) is 28.2 Å². The third kappa shape index (κ3) is 2.81. The summed E-state index contributed by atoms with van der Waals surface area (Å²) in [5.41, 5.74) is 0.128. The van der Waals surface area contributed by atoms with Gasteiger partial charge in [0.15, 0.2) is 0 Å². The summed E-state index contributed by atoms with van der Waals surface area (Å²) in [5.74, 6) is -1.15. The minimum Gasteiger partial charge on any atom is -0.379 e. The third-order valence-corrected chi connectivity index (χ3v) is 3.89. The fourth-order valence-corrected chi connectivity index (χ4v) is 2.61. The Hall–Kier alpha value is -1.15. The molecule has 0 heterocycles. The molecular formula is C13H13BrF2N2. The summed E-state index contributed by atoms with van der Waals surface area (Å²) in [4.78, 5) is 0. The quantitative estimate of drug-likeness (QED) is 0.829. The monoisotopic (exact) mass is 314 g/mol. The van der Waals surface area contributed by atoms with Crippen molar-refractivity contribution in [1.29, 1.82) is 5.26 Å². The molecule has 1 aliphatic carbocycles. The van der Waals surface area contributed by atoms with Gasteiger partial charge in [-0.25, -0.2) is 8.78 Å². The average molecular weight is 315 g/mol. The molecule has 0 radical (unpaired) electrons. The standard InChI is InChI=1S/C13H13BrF2N2/c14-9-5-11(16)13(6-10(9)15)18-12-4-2-1-3-8(12)7-17/h5-6,8,12,18H,1-4H2. The molecule has 0 aromatic heterocycles. The van der Waals surface area contributed by atoms with Crippen molar-refractivity contribution in [2.24, 2.45) is 5.92 Å². The van der Waals surface area contributed by atoms with Gasteiger partial charge in [-0.2, -0.15) is 5.26 Å². The molecule has 2 atom stereocenters. The molecule has 2 nitrogen and oxygen atoms in total. The van der Waals surface area contributed by atoms with E-state index in [2.05, 4.69) is 27.3 Å². The van der Waals surface area contributed by atoms with Crippen molar-refractivity contribution in [2.75, 3.05) is 5.32 Å². The van der Waals surface area contributed by atoms with Gasteiger partial charge in [-0.1, -0.05) is 12.8 Å². The van der Waals surface area contributed by atoms with Crippen molar-refractivity contribution in [2.45, 2.75) is 31.7 Å². The molecule has 0 bridgehead atoms. The van der Waals surface area contributed by atoms with Gasteiger partial charge >= 0.3 is 0 Å². The van der Waals surface area contributed by atoms with Crippen LogP contribution in [0.15, 0.2) is 16.6 Å². The number of nitrogens with one attached hydrogen (secondary N) is 1. The van der Waals surface area contributed by atoms with Crippen molar-refractivity contribution in [3.63, 3.8) is 0 Å². The Bertz CT molecular complexity index is 485. The minimum atomic E-state index is -0.511. The first kappa shape index (κ1) is 13.3. The first-order chi connectivity index (χ1) is 8.61. The highest BCUT2D eigenvalue weighted by molar-refractivity contribution is 9.10. The van der Waals surface area contributed by atoms with Crippen LogP contribution in [0.4, 0.5) is 14.5 Å². The van der Waals surface area contributed by atoms with E-state index < -0.39 is 11.6 Å². The van der Waals surface area contributed by atoms with E-state index in [-0.39, 0.29) is 22.1 Å². The van der Waals surface area contributed by atoms with Gasteiger partial charge in [0.2, 0.25) is 0 Å². The Morgan fingerprint density at radius 1 is 1.22 bits per heavy atom. The van der Waals surface area contributed by atoms with Crippen LogP contribution >= 0.6 is 15.9 Å². The van der Waals surface area contributed by atoms with Crippen molar-refractivity contribution < 1.29 is 8.78 Å². The lowest BCUT2D eigenvalue weighted by molar-refractivity contribution is 0.387. The lowest BCUT2D eigenvalue weighted by atomic mass is 9.85. The number of hydrogen-bond acceptors (Lipinski definition) is 2. The maximum Gasteiger partial charge on any atom is 0.147 e. The highest BCUT2D eigenvalue weighted by atomic mass is 79.9. The molecule has 1 N–H and O–H groups in total. The Labute approximate surface area is 113 Å². The lowest BCUT2D eigenvalue weighted by Crippen LogP contribution is -2.31. The summed E-state index contributed by atoms with van der Waals surface area (Å²) in [7, 11) is 0. The topological polar surface area (TPSA) is 35.8 Å². The highest BCUT2D eigenvalue weighted by Gasteiger charge is 2.25. The maximum absolute atomic E-state index is 13.7. The van der Waals surface area contributed by atoms with Gasteiger partial charge in [0.1, 0.15) is 11.6 Å². The number of rotatable bonds is 2. The fourth-order valence-electron chi connectivity index (χ4n) is 2.29. The van der Waals surface area contributed by atoms with Gasteiger partial charge in [0, 0.05) is 12.1 Å². The first-order valence-electron chi connectivity index (χ1n) is 5.92. The van der Waals surface area contributed by atoms with E-state index in [0.717, 1.165) is 37.8 Å².